The molecule has 2 radical (unpaired) electrons. The molecule has 0 bridgehead atoms. The summed E-state index contributed by atoms with van der Waals surface area (Å²) in [6.45, 7) is 2.30. The minimum atomic E-state index is 0. The molecule has 0 aliphatic rings. The van der Waals surface area contributed by atoms with Gasteiger partial charge in [0.05, 0.1) is 0 Å². The van der Waals surface area contributed by atoms with Gasteiger partial charge in [0.2, 0.25) is 0 Å². The van der Waals surface area contributed by atoms with Crippen LogP contribution in [0.2, 0.25) is 5.28 Å². The maximum absolute atomic E-state index is 2.83. The van der Waals surface area contributed by atoms with Crippen molar-refractivity contribution in [1.29, 1.82) is 0 Å². The van der Waals surface area contributed by atoms with Gasteiger partial charge in [-0.05, 0) is 0 Å². The van der Waals surface area contributed by atoms with Gasteiger partial charge in [0.15, 0.2) is 0 Å². The number of hydrogen-bond acceptors (Lipinski definition) is 0. The molecule has 3 heteroatoms. The normalized spacial score (nSPS) is 10.1. The van der Waals surface area contributed by atoms with Gasteiger partial charge >= 0.3 is 0 Å². The molecule has 0 amide bonds. The maximum Gasteiger partial charge on any atom is 0.118 e. The molecule has 0 aromatic rings. The highest BCUT2D eigenvalue weighted by molar-refractivity contribution is 6.08. The highest BCUT2D eigenvalue weighted by atomic mass is 35.5. The van der Waals surface area contributed by atoms with Crippen LogP contribution in [0.15, 0.2) is 0 Å². The molecule has 0 atom stereocenters. The van der Waals surface area contributed by atoms with Gasteiger partial charge in [-0.2, -0.15) is 0 Å². The van der Waals surface area contributed by atoms with Gasteiger partial charge in [0.25, 0.3) is 0 Å². The van der Waals surface area contributed by atoms with Crippen molar-refractivity contribution in [2.45, 2.75) is 128 Å². The Hall–Kier alpha value is 1.11. The van der Waals surface area contributed by atoms with Crippen molar-refractivity contribution >= 4 is 41.1 Å². The molecule has 0 aromatic heterocycles. The van der Waals surface area contributed by atoms with Gasteiger partial charge in [-0.3, -0.25) is 0 Å². The average molecular weight is 381 g/mol. The summed E-state index contributed by atoms with van der Waals surface area (Å²) >= 11 is 2.83. The highest BCUT2D eigenvalue weighted by Gasteiger charge is 1.94. The summed E-state index contributed by atoms with van der Waals surface area (Å²) in [5.41, 5.74) is 0. The summed E-state index contributed by atoms with van der Waals surface area (Å²) in [6, 6.07) is 0. The van der Waals surface area contributed by atoms with E-state index in [4.69, 9.17) is 0 Å². The van der Waals surface area contributed by atoms with E-state index in [0.29, 0.717) is 0 Å². The number of unbranched alkanes of at least 4 members (excludes halogenated alkanes) is 17. The lowest BCUT2D eigenvalue weighted by Crippen LogP contribution is -1.84. The van der Waals surface area contributed by atoms with Crippen molar-refractivity contribution in [1.82, 2.24) is 0 Å². The monoisotopic (exact) mass is 380 g/mol. The zero-order valence-corrected chi connectivity index (χ0v) is 18.6. The van der Waals surface area contributed by atoms with E-state index in [9.17, 15) is 0 Å². The third-order valence-corrected chi connectivity index (χ3v) is 4.97. The molecule has 0 N–H and O–H groups in total. The predicted octanol–water partition coefficient (Wildman–Crippen LogP) is 8.46. The third-order valence-electron chi connectivity index (χ3n) is 4.56. The number of halogens is 2. The van der Waals surface area contributed by atoms with Gasteiger partial charge in [-0.1, -0.05) is 122 Å². The van der Waals surface area contributed by atoms with E-state index in [0.717, 1.165) is 0 Å². The van der Waals surface area contributed by atoms with E-state index in [1.165, 1.54) is 121 Å². The lowest BCUT2D eigenvalue weighted by atomic mass is 10.0. The van der Waals surface area contributed by atoms with Crippen LogP contribution >= 0.6 is 24.8 Å². The zero-order valence-electron chi connectivity index (χ0n) is 15.8. The predicted molar refractivity (Wildman–Crippen MR) is 114 cm³/mol. The highest BCUT2D eigenvalue weighted by Crippen LogP contribution is 2.14. The lowest BCUT2D eigenvalue weighted by molar-refractivity contribution is 0.526. The second kappa shape index (κ2) is 27.9. The Labute approximate surface area is 168 Å². The smallest absolute Gasteiger partial charge is 0.118 e. The van der Waals surface area contributed by atoms with E-state index in [2.05, 4.69) is 23.2 Å². The van der Waals surface area contributed by atoms with Gasteiger partial charge in [-0.25, -0.2) is 0 Å². The first kappa shape index (κ1) is 28.9. The van der Waals surface area contributed by atoms with Crippen molar-refractivity contribution < 1.29 is 0 Å². The molecule has 23 heavy (non-hydrogen) atoms. The Morgan fingerprint density at radius 1 is 0.391 bits per heavy atom. The van der Waals surface area contributed by atoms with Crippen molar-refractivity contribution in [2.24, 2.45) is 0 Å². The zero-order chi connectivity index (χ0) is 15.4. The fraction of sp³-hybridized carbons (Fsp3) is 1.00. The Kier molecular flexibility index (Phi) is 35.1. The average Bonchev–Trinajstić information content (AvgIpc) is 2.50. The molecule has 0 aliphatic carbocycles. The van der Waals surface area contributed by atoms with Crippen LogP contribution in [0, 0.1) is 0 Å². The molecule has 0 saturated carbocycles. The van der Waals surface area contributed by atoms with E-state index < -0.39 is 0 Å². The van der Waals surface area contributed by atoms with Crippen molar-refractivity contribution in [2.75, 3.05) is 0 Å². The number of hydrogen-bond donors (Lipinski definition) is 0. The Bertz CT molecular complexity index is 159. The first-order valence-corrected chi connectivity index (χ1v) is 10.9. The third kappa shape index (κ3) is 28.2. The molecule has 0 unspecified atom stereocenters. The molecular weight excluding hydrogens is 338 g/mol. The molecule has 0 saturated heterocycles. The Morgan fingerprint density at radius 3 is 0.826 bits per heavy atom. The first-order valence-electron chi connectivity index (χ1n) is 10.1. The van der Waals surface area contributed by atoms with Crippen LogP contribution in [0.5, 0.6) is 0 Å². The van der Waals surface area contributed by atoms with Crippen molar-refractivity contribution in [3.63, 3.8) is 0 Å². The number of rotatable bonds is 18. The van der Waals surface area contributed by atoms with Gasteiger partial charge in [0, 0.05) is 0 Å². The van der Waals surface area contributed by atoms with E-state index >= 15 is 0 Å². The van der Waals surface area contributed by atoms with Crippen LogP contribution in [-0.2, 0) is 0 Å². The summed E-state index contributed by atoms with van der Waals surface area (Å²) in [7, 11) is 0. The van der Waals surface area contributed by atoms with Crippen molar-refractivity contribution in [3.05, 3.63) is 0 Å². The molecular formula is C20H43AlCl2. The van der Waals surface area contributed by atoms with E-state index in [-0.39, 0.29) is 24.8 Å². The minimum Gasteiger partial charge on any atom is -0.147 e. The molecule has 0 aromatic carbocycles. The molecule has 0 aliphatic heterocycles. The molecule has 140 valence electrons. The standard InChI is InChI=1S/C20H41.Al.2ClH/c1-3-5-7-9-11-13-15-17-19-20-18-16-14-12-10-8-6-4-2;;;/h1,3-20H2,2H3;;2*1H. The second-order valence-electron chi connectivity index (χ2n) is 6.80. The van der Waals surface area contributed by atoms with Crippen LogP contribution in [0.3, 0.4) is 0 Å². The Morgan fingerprint density at radius 2 is 0.609 bits per heavy atom. The molecule has 0 nitrogen and oxygen atoms in total. The van der Waals surface area contributed by atoms with Crippen LogP contribution in [-0.4, -0.2) is 16.3 Å². The maximum atomic E-state index is 2.83. The quantitative estimate of drug-likeness (QED) is 0.165. The van der Waals surface area contributed by atoms with Gasteiger partial charge in [-0.15, -0.1) is 30.1 Å². The SMILES string of the molecule is CCCCCCCCCCCCCCCCCCC[CH2][Al].Cl.Cl. The molecule has 0 rings (SSSR count). The molecule has 0 fully saturated rings. The molecule has 0 spiro atoms. The van der Waals surface area contributed by atoms with E-state index in [1.54, 1.807) is 0 Å². The largest absolute Gasteiger partial charge is 0.147 e. The summed E-state index contributed by atoms with van der Waals surface area (Å²) in [4.78, 5) is 0. The summed E-state index contributed by atoms with van der Waals surface area (Å²) in [5.74, 6) is 0. The van der Waals surface area contributed by atoms with Crippen LogP contribution in [0.1, 0.15) is 122 Å². The first-order chi connectivity index (χ1) is 10.4. The fourth-order valence-electron chi connectivity index (χ4n) is 3.05. The van der Waals surface area contributed by atoms with Crippen LogP contribution in [0.4, 0.5) is 0 Å². The van der Waals surface area contributed by atoms with Crippen LogP contribution in [0.25, 0.3) is 0 Å². The second-order valence-corrected chi connectivity index (χ2v) is 7.38. The topological polar surface area (TPSA) is 0 Å². The van der Waals surface area contributed by atoms with Crippen molar-refractivity contribution in [3.8, 4) is 0 Å². The van der Waals surface area contributed by atoms with Gasteiger partial charge < -0.3 is 0 Å². The lowest BCUT2D eigenvalue weighted by Gasteiger charge is -2.03. The summed E-state index contributed by atoms with van der Waals surface area (Å²) in [6.07, 6.45) is 26.4. The van der Waals surface area contributed by atoms with Crippen LogP contribution < -0.4 is 0 Å². The molecule has 0 heterocycles. The summed E-state index contributed by atoms with van der Waals surface area (Å²) in [5, 5.41) is 1.29. The summed E-state index contributed by atoms with van der Waals surface area (Å²) < 4.78 is 0. The minimum absolute atomic E-state index is 0. The Balaban J connectivity index is -0.00000200. The van der Waals surface area contributed by atoms with E-state index in [1.807, 2.05) is 0 Å². The van der Waals surface area contributed by atoms with Gasteiger partial charge in [0.1, 0.15) is 16.3 Å². The fourth-order valence-corrected chi connectivity index (χ4v) is 3.33.